The van der Waals surface area contributed by atoms with Crippen molar-refractivity contribution >= 4 is 40.1 Å². The van der Waals surface area contributed by atoms with Gasteiger partial charge in [0.25, 0.3) is 0 Å². The molecule has 196 valence electrons. The molecule has 0 fully saturated rings. The van der Waals surface area contributed by atoms with Gasteiger partial charge >= 0.3 is 17.3 Å². The van der Waals surface area contributed by atoms with Gasteiger partial charge < -0.3 is 20.2 Å². The Bertz CT molecular complexity index is 1300. The molecule has 2 N–H and O–H groups in total. The second kappa shape index (κ2) is 11.2. The fourth-order valence-electron chi connectivity index (χ4n) is 5.10. The molecule has 2 aromatic carbocycles. The molecule has 1 aliphatic rings. The molecule has 0 spiro atoms. The summed E-state index contributed by atoms with van der Waals surface area (Å²) in [7, 11) is 4.10. The fourth-order valence-corrected chi connectivity index (χ4v) is 5.10. The number of carbonyl (C=O) groups is 1. The van der Waals surface area contributed by atoms with Gasteiger partial charge in [-0.2, -0.15) is 0 Å². The third kappa shape index (κ3) is 6.43. The number of unbranched alkanes of at least 4 members (excludes halogenated alkanes) is 2. The number of aliphatic carboxylic acids is 1. The summed E-state index contributed by atoms with van der Waals surface area (Å²) in [5, 5.41) is 13.6. The van der Waals surface area contributed by atoms with Crippen LogP contribution in [-0.2, 0) is 10.2 Å². The predicted octanol–water partition coefficient (Wildman–Crippen LogP) is 7.39. The molecule has 4 rings (SSSR count). The molecule has 1 aliphatic carbocycles. The van der Waals surface area contributed by atoms with Crippen LogP contribution in [0.5, 0.6) is 0 Å². The van der Waals surface area contributed by atoms with Crippen LogP contribution in [0.15, 0.2) is 58.6 Å². The van der Waals surface area contributed by atoms with Crippen LogP contribution in [0.4, 0.5) is 17.1 Å². The summed E-state index contributed by atoms with van der Waals surface area (Å²) in [6.07, 6.45) is 5.91. The number of carboxylic acid groups (broad SMARTS) is 1. The van der Waals surface area contributed by atoms with E-state index < -0.39 is 5.97 Å². The highest BCUT2D eigenvalue weighted by Crippen LogP contribution is 2.41. The van der Waals surface area contributed by atoms with E-state index in [4.69, 9.17) is 9.52 Å². The largest absolute Gasteiger partial charge is 0.481 e. The van der Waals surface area contributed by atoms with E-state index in [1.807, 2.05) is 0 Å². The summed E-state index contributed by atoms with van der Waals surface area (Å²) in [4.78, 5) is 15.2. The Kier molecular flexibility index (Phi) is 8.06. The zero-order valence-corrected chi connectivity index (χ0v) is 22.8. The molecular weight excluding hydrogens is 462 g/mol. The highest BCUT2D eigenvalue weighted by atomic mass is 16.4. The number of benzene rings is 2. The molecule has 1 heterocycles. The molecule has 0 amide bonds. The predicted molar refractivity (Wildman–Crippen MR) is 155 cm³/mol. The molecule has 0 saturated heterocycles. The average molecular weight is 503 g/mol. The monoisotopic (exact) mass is 502 g/mol. The van der Waals surface area contributed by atoms with Crippen molar-refractivity contribution < 1.29 is 14.3 Å². The van der Waals surface area contributed by atoms with Gasteiger partial charge in [-0.3, -0.25) is 4.79 Å². The Morgan fingerprint density at radius 1 is 1.05 bits per heavy atom. The van der Waals surface area contributed by atoms with E-state index in [0.29, 0.717) is 0 Å². The van der Waals surface area contributed by atoms with Gasteiger partial charge in [-0.1, -0.05) is 26.3 Å². The molecule has 0 saturated carbocycles. The molecule has 6 nitrogen and oxygen atoms in total. The van der Waals surface area contributed by atoms with Crippen LogP contribution < -0.4 is 15.1 Å². The van der Waals surface area contributed by atoms with E-state index in [2.05, 4.69) is 105 Å². The maximum Gasteiger partial charge on any atom is 0.362 e. The zero-order valence-electron chi connectivity index (χ0n) is 22.8. The van der Waals surface area contributed by atoms with Crippen molar-refractivity contribution in [2.45, 2.75) is 58.3 Å². The highest BCUT2D eigenvalue weighted by Gasteiger charge is 2.36. The smallest absolute Gasteiger partial charge is 0.362 e. The van der Waals surface area contributed by atoms with Crippen molar-refractivity contribution in [1.29, 1.82) is 0 Å². The lowest BCUT2D eigenvalue weighted by Crippen LogP contribution is -2.25. The number of carboxylic acids is 1. The Labute approximate surface area is 220 Å². The number of nitrogens with zero attached hydrogens (tertiary/aromatic N) is 2. The lowest BCUT2D eigenvalue weighted by molar-refractivity contribution is -0.137. The molecule has 1 aromatic heterocycles. The third-order valence-corrected chi connectivity index (χ3v) is 7.18. The standard InChI is InChI=1S/C31H39N3O3/c1-6-34(16-9-7-8-13-30(35)36)26-15-14-22-17-27-29(37-28(22)20-26)19-24(21-31(27,2)3)32-23-11-10-12-25(18-23)33(4)5/h10-12,14-15,17-20,32H,6-9,13,16,21H2,1-5H3/p+1. The van der Waals surface area contributed by atoms with Crippen molar-refractivity contribution in [3.05, 3.63) is 65.6 Å². The van der Waals surface area contributed by atoms with E-state index in [1.165, 1.54) is 5.56 Å². The molecule has 37 heavy (non-hydrogen) atoms. The summed E-state index contributed by atoms with van der Waals surface area (Å²) in [6.45, 7) is 8.49. The van der Waals surface area contributed by atoms with Gasteiger partial charge in [0.05, 0.1) is 23.1 Å². The van der Waals surface area contributed by atoms with Crippen LogP contribution in [0, 0.1) is 0 Å². The summed E-state index contributed by atoms with van der Waals surface area (Å²) in [5.41, 5.74) is 6.55. The van der Waals surface area contributed by atoms with Crippen LogP contribution in [0.2, 0.25) is 0 Å². The zero-order chi connectivity index (χ0) is 26.6. The van der Waals surface area contributed by atoms with E-state index in [-0.39, 0.29) is 11.8 Å². The van der Waals surface area contributed by atoms with Gasteiger partial charge in [-0.25, -0.2) is 4.42 Å². The van der Waals surface area contributed by atoms with Crippen LogP contribution in [0.3, 0.4) is 0 Å². The normalized spacial score (nSPS) is 14.1. The number of allylic oxidation sites excluding steroid dienone is 1. The van der Waals surface area contributed by atoms with E-state index >= 15 is 0 Å². The van der Waals surface area contributed by atoms with Crippen molar-refractivity contribution in [2.24, 2.45) is 0 Å². The van der Waals surface area contributed by atoms with E-state index in [9.17, 15) is 4.79 Å². The molecule has 0 aliphatic heterocycles. The molecule has 0 radical (unpaired) electrons. The first-order valence-electron chi connectivity index (χ1n) is 13.3. The van der Waals surface area contributed by atoms with Gasteiger partial charge in [0, 0.05) is 61.8 Å². The number of hydrogen-bond donors (Lipinski definition) is 2. The second-order valence-corrected chi connectivity index (χ2v) is 10.8. The quantitative estimate of drug-likeness (QED) is 0.211. The Morgan fingerprint density at radius 2 is 1.86 bits per heavy atom. The summed E-state index contributed by atoms with van der Waals surface area (Å²) < 4.78 is 6.54. The lowest BCUT2D eigenvalue weighted by atomic mass is 9.76. The minimum atomic E-state index is -0.718. The summed E-state index contributed by atoms with van der Waals surface area (Å²) >= 11 is 0. The first-order chi connectivity index (χ1) is 17.7. The van der Waals surface area contributed by atoms with Gasteiger partial charge in [0.2, 0.25) is 0 Å². The molecule has 0 atom stereocenters. The van der Waals surface area contributed by atoms with Crippen LogP contribution in [0.1, 0.15) is 64.2 Å². The number of nitrogens with one attached hydrogen (secondary N) is 1. The van der Waals surface area contributed by atoms with Crippen LogP contribution in [-0.4, -0.2) is 38.3 Å². The Balaban J connectivity index is 1.58. The van der Waals surface area contributed by atoms with Gasteiger partial charge in [-0.15, -0.1) is 0 Å². The maximum absolute atomic E-state index is 10.8. The number of hydrogen-bond acceptors (Lipinski definition) is 4. The summed E-state index contributed by atoms with van der Waals surface area (Å²) in [6, 6.07) is 17.2. The molecule has 6 heteroatoms. The van der Waals surface area contributed by atoms with Crippen molar-refractivity contribution in [3.8, 4) is 0 Å². The van der Waals surface area contributed by atoms with Crippen molar-refractivity contribution in [1.82, 2.24) is 0 Å². The van der Waals surface area contributed by atoms with Crippen molar-refractivity contribution in [3.63, 3.8) is 0 Å². The molecular formula is C31H40N3O3+. The topological polar surface area (TPSA) is 67.1 Å². The van der Waals surface area contributed by atoms with Crippen molar-refractivity contribution in [2.75, 3.05) is 42.3 Å². The SMILES string of the molecule is CCN(CCCCCC(=O)O)c1ccc2cc3c([o+]c2c1)C=C(Nc1cccc(N(C)C)c1)CC3(C)C. The Hall–Kier alpha value is -3.54. The first-order valence-corrected chi connectivity index (χ1v) is 13.3. The Morgan fingerprint density at radius 3 is 2.59 bits per heavy atom. The fraction of sp³-hybridized carbons (Fsp3) is 0.419. The minimum Gasteiger partial charge on any atom is -0.481 e. The third-order valence-electron chi connectivity index (χ3n) is 7.18. The van der Waals surface area contributed by atoms with E-state index in [0.717, 1.165) is 78.3 Å². The van der Waals surface area contributed by atoms with Gasteiger partial charge in [-0.05, 0) is 62.6 Å². The number of fused-ring (bicyclic) bond motifs is 2. The van der Waals surface area contributed by atoms with Crippen LogP contribution in [0.25, 0.3) is 17.0 Å². The second-order valence-electron chi connectivity index (χ2n) is 10.8. The lowest BCUT2D eigenvalue weighted by Gasteiger charge is -2.29. The summed E-state index contributed by atoms with van der Waals surface area (Å²) in [5.74, 6) is 0.188. The number of rotatable bonds is 11. The minimum absolute atomic E-state index is 0.0622. The molecule has 0 unspecified atom stereocenters. The van der Waals surface area contributed by atoms with E-state index in [1.54, 1.807) is 0 Å². The average Bonchev–Trinajstić information content (AvgIpc) is 2.84. The highest BCUT2D eigenvalue weighted by molar-refractivity contribution is 5.83. The molecule has 0 bridgehead atoms. The number of anilines is 3. The van der Waals surface area contributed by atoms with Crippen LogP contribution >= 0.6 is 0 Å². The van der Waals surface area contributed by atoms with Gasteiger partial charge in [0.1, 0.15) is 0 Å². The van der Waals surface area contributed by atoms with Gasteiger partial charge in [0.15, 0.2) is 0 Å². The first kappa shape index (κ1) is 26.5. The molecule has 3 aromatic rings. The maximum atomic E-state index is 10.8.